The second-order valence-corrected chi connectivity index (χ2v) is 9.11. The van der Waals surface area contributed by atoms with Crippen LogP contribution in [-0.2, 0) is 11.3 Å². The third-order valence-corrected chi connectivity index (χ3v) is 6.45. The number of piperazine rings is 1. The molecule has 180 valence electrons. The Morgan fingerprint density at radius 2 is 1.60 bits per heavy atom. The minimum Gasteiger partial charge on any atom is -0.454 e. The predicted octanol–water partition coefficient (Wildman–Crippen LogP) is 4.06. The molecule has 0 radical (unpaired) electrons. The Labute approximate surface area is 209 Å². The summed E-state index contributed by atoms with van der Waals surface area (Å²) in [7, 11) is 0. The summed E-state index contributed by atoms with van der Waals surface area (Å²) in [6.07, 6.45) is 0. The molecule has 1 N–H and O–H groups in total. The quantitative estimate of drug-likeness (QED) is 0.503. The van der Waals surface area contributed by atoms with Crippen LogP contribution in [0.15, 0.2) is 66.7 Å². The molecule has 0 saturated carbocycles. The normalized spacial score (nSPS) is 15.7. The van der Waals surface area contributed by atoms with Crippen molar-refractivity contribution in [3.8, 4) is 11.5 Å². The fourth-order valence-corrected chi connectivity index (χ4v) is 4.53. The summed E-state index contributed by atoms with van der Waals surface area (Å²) in [4.78, 5) is 30.3. The van der Waals surface area contributed by atoms with Gasteiger partial charge in [-0.2, -0.15) is 0 Å². The predicted molar refractivity (Wildman–Crippen MR) is 134 cm³/mol. The maximum Gasteiger partial charge on any atom is 0.238 e. The topological polar surface area (TPSA) is 71.1 Å². The van der Waals surface area contributed by atoms with Crippen LogP contribution >= 0.6 is 11.6 Å². The van der Waals surface area contributed by atoms with Gasteiger partial charge in [-0.1, -0.05) is 48.0 Å². The molecule has 3 aromatic rings. The second-order valence-electron chi connectivity index (χ2n) is 8.67. The van der Waals surface area contributed by atoms with Crippen molar-refractivity contribution in [3.63, 3.8) is 0 Å². The van der Waals surface area contributed by atoms with Gasteiger partial charge in [-0.25, -0.2) is 0 Å². The fourth-order valence-electron chi connectivity index (χ4n) is 4.35. The lowest BCUT2D eigenvalue weighted by atomic mass is 10.0. The zero-order chi connectivity index (χ0) is 24.2. The molecule has 0 bridgehead atoms. The van der Waals surface area contributed by atoms with Gasteiger partial charge in [0.2, 0.25) is 12.7 Å². The Morgan fingerprint density at radius 1 is 0.857 bits per heavy atom. The van der Waals surface area contributed by atoms with Crippen molar-refractivity contribution < 1.29 is 19.1 Å². The van der Waals surface area contributed by atoms with E-state index in [1.165, 1.54) is 5.56 Å². The Balaban J connectivity index is 1.15. The molecule has 1 saturated heterocycles. The number of carbonyl (C=O) groups excluding carboxylic acids is 2. The van der Waals surface area contributed by atoms with Crippen LogP contribution in [-0.4, -0.2) is 61.0 Å². The van der Waals surface area contributed by atoms with E-state index < -0.39 is 0 Å². The van der Waals surface area contributed by atoms with Gasteiger partial charge in [0.05, 0.1) is 12.2 Å². The van der Waals surface area contributed by atoms with Crippen molar-refractivity contribution in [2.75, 3.05) is 44.8 Å². The maximum atomic E-state index is 13.0. The van der Waals surface area contributed by atoms with Crippen LogP contribution in [0.5, 0.6) is 11.5 Å². The van der Waals surface area contributed by atoms with Gasteiger partial charge in [-0.05, 0) is 35.9 Å². The van der Waals surface area contributed by atoms with Crippen LogP contribution in [0.4, 0.5) is 5.69 Å². The molecule has 0 atom stereocenters. The summed E-state index contributed by atoms with van der Waals surface area (Å²) in [5.74, 6) is 1.25. The number of halogens is 1. The molecule has 0 unspecified atom stereocenters. The van der Waals surface area contributed by atoms with E-state index in [2.05, 4.69) is 21.2 Å². The van der Waals surface area contributed by atoms with E-state index in [0.717, 1.165) is 44.2 Å². The summed E-state index contributed by atoms with van der Waals surface area (Å²) >= 11 is 6.15. The molecule has 2 aliphatic heterocycles. The van der Waals surface area contributed by atoms with Crippen LogP contribution in [0.2, 0.25) is 5.02 Å². The van der Waals surface area contributed by atoms with Crippen molar-refractivity contribution in [3.05, 3.63) is 88.4 Å². The summed E-state index contributed by atoms with van der Waals surface area (Å²) in [6.45, 7) is 4.66. The number of hydrogen-bond donors (Lipinski definition) is 1. The highest BCUT2D eigenvalue weighted by atomic mass is 35.5. The Hall–Kier alpha value is -3.39. The van der Waals surface area contributed by atoms with Gasteiger partial charge in [-0.15, -0.1) is 0 Å². The van der Waals surface area contributed by atoms with Gasteiger partial charge in [0.1, 0.15) is 0 Å². The molecule has 0 aromatic heterocycles. The molecule has 1 amide bonds. The Morgan fingerprint density at radius 3 is 2.40 bits per heavy atom. The van der Waals surface area contributed by atoms with Crippen LogP contribution in [0.25, 0.3) is 0 Å². The second kappa shape index (κ2) is 10.5. The van der Waals surface area contributed by atoms with Crippen LogP contribution in [0.1, 0.15) is 21.5 Å². The molecule has 35 heavy (non-hydrogen) atoms. The van der Waals surface area contributed by atoms with Crippen molar-refractivity contribution in [2.45, 2.75) is 6.54 Å². The molecule has 8 heteroatoms. The highest BCUT2D eigenvalue weighted by molar-refractivity contribution is 6.31. The van der Waals surface area contributed by atoms with E-state index >= 15 is 0 Å². The monoisotopic (exact) mass is 491 g/mol. The molecule has 0 aliphatic carbocycles. The molecule has 2 heterocycles. The lowest BCUT2D eigenvalue weighted by molar-refractivity contribution is -0.117. The number of hydrogen-bond acceptors (Lipinski definition) is 6. The minimum absolute atomic E-state index is 0.154. The lowest BCUT2D eigenvalue weighted by Crippen LogP contribution is -2.48. The zero-order valence-electron chi connectivity index (χ0n) is 19.2. The molecular formula is C27H26ClN3O4. The number of nitrogens with zero attached hydrogens (tertiary/aromatic N) is 2. The summed E-state index contributed by atoms with van der Waals surface area (Å²) in [6, 6.07) is 20.0. The van der Waals surface area contributed by atoms with Gasteiger partial charge in [0, 0.05) is 48.9 Å². The highest BCUT2D eigenvalue weighted by Gasteiger charge is 2.22. The molecule has 3 aromatic carbocycles. The van der Waals surface area contributed by atoms with Crippen LogP contribution < -0.4 is 14.8 Å². The third-order valence-electron chi connectivity index (χ3n) is 6.21. The standard InChI is InChI=1S/C27H26ClN3O4/c28-21-7-8-23(22(15-21)27(33)20-4-2-1-3-5-20)29-26(32)17-31-12-10-30(11-13-31)16-19-6-9-24-25(14-19)35-18-34-24/h1-9,14-15H,10-13,16-18H2,(H,29,32). The molecular weight excluding hydrogens is 466 g/mol. The maximum absolute atomic E-state index is 13.0. The third kappa shape index (κ3) is 5.65. The Bertz CT molecular complexity index is 1230. The van der Waals surface area contributed by atoms with Crippen molar-refractivity contribution in [1.82, 2.24) is 9.80 Å². The van der Waals surface area contributed by atoms with Crippen molar-refractivity contribution in [2.24, 2.45) is 0 Å². The average Bonchev–Trinajstić information content (AvgIpc) is 3.34. The van der Waals surface area contributed by atoms with E-state index in [4.69, 9.17) is 21.1 Å². The first kappa shape index (κ1) is 23.4. The number of ether oxygens (including phenoxy) is 2. The van der Waals surface area contributed by atoms with Gasteiger partial charge >= 0.3 is 0 Å². The Kier molecular flexibility index (Phi) is 6.99. The van der Waals surface area contributed by atoms with Crippen LogP contribution in [0, 0.1) is 0 Å². The largest absolute Gasteiger partial charge is 0.454 e. The molecule has 7 nitrogen and oxygen atoms in total. The summed E-state index contributed by atoms with van der Waals surface area (Å²) < 4.78 is 10.9. The smallest absolute Gasteiger partial charge is 0.238 e. The number of rotatable bonds is 7. The van der Waals surface area contributed by atoms with E-state index in [1.807, 2.05) is 30.3 Å². The molecule has 1 fully saturated rings. The summed E-state index contributed by atoms with van der Waals surface area (Å²) in [5.41, 5.74) is 2.57. The van der Waals surface area contributed by atoms with Gasteiger partial charge in [0.25, 0.3) is 0 Å². The number of carbonyl (C=O) groups is 2. The minimum atomic E-state index is -0.180. The SMILES string of the molecule is O=C(CN1CCN(Cc2ccc3c(c2)OCO3)CC1)Nc1ccc(Cl)cc1C(=O)c1ccccc1. The molecule has 2 aliphatic rings. The first-order chi connectivity index (χ1) is 17.0. The van der Waals surface area contributed by atoms with Gasteiger partial charge in [0.15, 0.2) is 17.3 Å². The van der Waals surface area contributed by atoms with Crippen molar-refractivity contribution in [1.29, 1.82) is 0 Å². The fraction of sp³-hybridized carbons (Fsp3) is 0.259. The first-order valence-corrected chi connectivity index (χ1v) is 12.0. The molecule has 5 rings (SSSR count). The highest BCUT2D eigenvalue weighted by Crippen LogP contribution is 2.33. The summed E-state index contributed by atoms with van der Waals surface area (Å²) in [5, 5.41) is 3.36. The van der Waals surface area contributed by atoms with E-state index in [9.17, 15) is 9.59 Å². The van der Waals surface area contributed by atoms with E-state index in [1.54, 1.807) is 30.3 Å². The van der Waals surface area contributed by atoms with Crippen LogP contribution in [0.3, 0.4) is 0 Å². The van der Waals surface area contributed by atoms with Gasteiger partial charge in [-0.3, -0.25) is 19.4 Å². The number of anilines is 1. The number of fused-ring (bicyclic) bond motifs is 1. The number of amides is 1. The van der Waals surface area contributed by atoms with E-state index in [0.29, 0.717) is 21.8 Å². The first-order valence-electron chi connectivity index (χ1n) is 11.6. The number of ketones is 1. The van der Waals surface area contributed by atoms with Gasteiger partial charge < -0.3 is 14.8 Å². The molecule has 0 spiro atoms. The average molecular weight is 492 g/mol. The van der Waals surface area contributed by atoms with Crippen molar-refractivity contribution >= 4 is 29.0 Å². The number of nitrogens with one attached hydrogen (secondary N) is 1. The lowest BCUT2D eigenvalue weighted by Gasteiger charge is -2.34. The van der Waals surface area contributed by atoms with E-state index in [-0.39, 0.29) is 25.0 Å². The number of benzene rings is 3. The zero-order valence-corrected chi connectivity index (χ0v) is 20.0.